The van der Waals surface area contributed by atoms with Crippen molar-refractivity contribution in [3.63, 3.8) is 0 Å². The highest BCUT2D eigenvalue weighted by atomic mass is 32.1. The predicted molar refractivity (Wildman–Crippen MR) is 52.2 cm³/mol. The first kappa shape index (κ1) is 11.4. The van der Waals surface area contributed by atoms with E-state index in [2.05, 4.69) is 12.6 Å². The number of halogens is 3. The summed E-state index contributed by atoms with van der Waals surface area (Å²) in [5.41, 5.74) is 5.34. The standard InChI is InChI=1S/C9H10F3NS/c10-9(11,12)7-3-1-2-6(4-7)8(13)5-14/h1-4,8,14H,5,13H2. The summed E-state index contributed by atoms with van der Waals surface area (Å²) in [5.74, 6) is 0.321. The van der Waals surface area contributed by atoms with Crippen LogP contribution in [-0.4, -0.2) is 5.75 Å². The Morgan fingerprint density at radius 3 is 2.50 bits per heavy atom. The summed E-state index contributed by atoms with van der Waals surface area (Å²) in [5, 5.41) is 0. The Labute approximate surface area is 85.5 Å². The van der Waals surface area contributed by atoms with E-state index in [4.69, 9.17) is 5.73 Å². The molecule has 0 amide bonds. The highest BCUT2D eigenvalue weighted by Crippen LogP contribution is 2.30. The third kappa shape index (κ3) is 2.65. The van der Waals surface area contributed by atoms with E-state index < -0.39 is 17.8 Å². The number of hydrogen-bond acceptors (Lipinski definition) is 2. The molecule has 14 heavy (non-hydrogen) atoms. The summed E-state index contributed by atoms with van der Waals surface area (Å²) in [6.45, 7) is 0. The zero-order valence-corrected chi connectivity index (χ0v) is 8.15. The van der Waals surface area contributed by atoms with Crippen LogP contribution in [0.25, 0.3) is 0 Å². The van der Waals surface area contributed by atoms with Crippen LogP contribution in [0.3, 0.4) is 0 Å². The van der Waals surface area contributed by atoms with Gasteiger partial charge < -0.3 is 5.73 Å². The topological polar surface area (TPSA) is 26.0 Å². The smallest absolute Gasteiger partial charge is 0.323 e. The average Bonchev–Trinajstić information content (AvgIpc) is 2.15. The summed E-state index contributed by atoms with van der Waals surface area (Å²) >= 11 is 3.93. The number of alkyl halides is 3. The molecule has 0 saturated carbocycles. The van der Waals surface area contributed by atoms with Crippen LogP contribution >= 0.6 is 12.6 Å². The summed E-state index contributed by atoms with van der Waals surface area (Å²) in [7, 11) is 0. The minimum Gasteiger partial charge on any atom is -0.323 e. The van der Waals surface area contributed by atoms with Gasteiger partial charge in [0.25, 0.3) is 0 Å². The Balaban J connectivity index is 3.01. The number of benzene rings is 1. The molecule has 0 heterocycles. The maximum Gasteiger partial charge on any atom is 0.416 e. The van der Waals surface area contributed by atoms with Crippen molar-refractivity contribution < 1.29 is 13.2 Å². The molecule has 0 saturated heterocycles. The SMILES string of the molecule is NC(CS)c1cccc(C(F)(F)F)c1. The van der Waals surface area contributed by atoms with Crippen molar-refractivity contribution in [1.82, 2.24) is 0 Å². The number of hydrogen-bond donors (Lipinski definition) is 2. The lowest BCUT2D eigenvalue weighted by molar-refractivity contribution is -0.137. The first-order valence-corrected chi connectivity index (χ1v) is 4.62. The first-order valence-electron chi connectivity index (χ1n) is 3.98. The summed E-state index contributed by atoms with van der Waals surface area (Å²) in [6.07, 6.45) is -4.31. The van der Waals surface area contributed by atoms with E-state index in [1.807, 2.05) is 0 Å². The van der Waals surface area contributed by atoms with E-state index in [0.717, 1.165) is 12.1 Å². The molecule has 2 N–H and O–H groups in total. The van der Waals surface area contributed by atoms with Crippen molar-refractivity contribution in [2.24, 2.45) is 5.73 Å². The lowest BCUT2D eigenvalue weighted by Gasteiger charge is -2.12. The van der Waals surface area contributed by atoms with E-state index in [0.29, 0.717) is 11.3 Å². The maximum atomic E-state index is 12.3. The second-order valence-corrected chi connectivity index (χ2v) is 3.28. The predicted octanol–water partition coefficient (Wildman–Crippen LogP) is 2.64. The third-order valence-corrected chi connectivity index (χ3v) is 2.23. The van der Waals surface area contributed by atoms with Gasteiger partial charge in [0.1, 0.15) is 0 Å². The molecular weight excluding hydrogens is 211 g/mol. The second-order valence-electron chi connectivity index (χ2n) is 2.91. The van der Waals surface area contributed by atoms with Gasteiger partial charge in [-0.25, -0.2) is 0 Å². The second kappa shape index (κ2) is 4.23. The van der Waals surface area contributed by atoms with Crippen molar-refractivity contribution >= 4 is 12.6 Å². The van der Waals surface area contributed by atoms with Gasteiger partial charge in [0.05, 0.1) is 5.56 Å². The van der Waals surface area contributed by atoms with E-state index in [1.54, 1.807) is 6.07 Å². The van der Waals surface area contributed by atoms with Gasteiger partial charge in [0.15, 0.2) is 0 Å². The maximum absolute atomic E-state index is 12.3. The molecule has 0 aliphatic heterocycles. The van der Waals surface area contributed by atoms with Gasteiger partial charge >= 0.3 is 6.18 Å². The van der Waals surface area contributed by atoms with Crippen LogP contribution in [0.15, 0.2) is 24.3 Å². The molecule has 1 nitrogen and oxygen atoms in total. The fourth-order valence-electron chi connectivity index (χ4n) is 1.05. The quantitative estimate of drug-likeness (QED) is 0.738. The Hall–Kier alpha value is -0.680. The zero-order valence-electron chi connectivity index (χ0n) is 7.25. The van der Waals surface area contributed by atoms with Gasteiger partial charge in [-0.15, -0.1) is 0 Å². The first-order chi connectivity index (χ1) is 6.45. The lowest BCUT2D eigenvalue weighted by Crippen LogP contribution is -2.13. The van der Waals surface area contributed by atoms with Crippen LogP contribution in [0, 0.1) is 0 Å². The molecule has 1 atom stereocenters. The fourth-order valence-corrected chi connectivity index (χ4v) is 1.26. The molecule has 0 radical (unpaired) electrons. The highest BCUT2D eigenvalue weighted by molar-refractivity contribution is 7.80. The summed E-state index contributed by atoms with van der Waals surface area (Å²) in [4.78, 5) is 0. The van der Waals surface area contributed by atoms with E-state index in [1.165, 1.54) is 6.07 Å². The average molecular weight is 221 g/mol. The van der Waals surface area contributed by atoms with Crippen molar-refractivity contribution in [3.8, 4) is 0 Å². The molecule has 78 valence electrons. The minimum atomic E-state index is -4.31. The molecule has 0 spiro atoms. The van der Waals surface area contributed by atoms with Crippen molar-refractivity contribution in [3.05, 3.63) is 35.4 Å². The van der Waals surface area contributed by atoms with Gasteiger partial charge in [-0.3, -0.25) is 0 Å². The highest BCUT2D eigenvalue weighted by Gasteiger charge is 2.30. The lowest BCUT2D eigenvalue weighted by atomic mass is 10.1. The van der Waals surface area contributed by atoms with Crippen LogP contribution in [0.4, 0.5) is 13.2 Å². The number of nitrogens with two attached hydrogens (primary N) is 1. The molecule has 0 bridgehead atoms. The number of thiol groups is 1. The van der Waals surface area contributed by atoms with Crippen LogP contribution in [0.2, 0.25) is 0 Å². The minimum absolute atomic E-state index is 0.321. The molecule has 5 heteroatoms. The molecule has 0 aromatic heterocycles. The van der Waals surface area contributed by atoms with Crippen molar-refractivity contribution in [1.29, 1.82) is 0 Å². The van der Waals surface area contributed by atoms with Gasteiger partial charge in [-0.2, -0.15) is 25.8 Å². The molecule has 0 aliphatic carbocycles. The van der Waals surface area contributed by atoms with Crippen LogP contribution in [0.1, 0.15) is 17.2 Å². The van der Waals surface area contributed by atoms with E-state index in [-0.39, 0.29) is 0 Å². The molecule has 1 aromatic rings. The fraction of sp³-hybridized carbons (Fsp3) is 0.333. The van der Waals surface area contributed by atoms with Gasteiger partial charge in [0.2, 0.25) is 0 Å². The Morgan fingerprint density at radius 1 is 1.36 bits per heavy atom. The van der Waals surface area contributed by atoms with Crippen molar-refractivity contribution in [2.75, 3.05) is 5.75 Å². The molecule has 1 rings (SSSR count). The largest absolute Gasteiger partial charge is 0.416 e. The molecular formula is C9H10F3NS. The molecule has 0 aliphatic rings. The van der Waals surface area contributed by atoms with Crippen LogP contribution in [-0.2, 0) is 6.18 Å². The monoisotopic (exact) mass is 221 g/mol. The van der Waals surface area contributed by atoms with Crippen LogP contribution < -0.4 is 5.73 Å². The third-order valence-electron chi connectivity index (χ3n) is 1.84. The van der Waals surface area contributed by atoms with E-state index >= 15 is 0 Å². The van der Waals surface area contributed by atoms with Crippen LogP contribution in [0.5, 0.6) is 0 Å². The normalized spacial score (nSPS) is 14.1. The summed E-state index contributed by atoms with van der Waals surface area (Å²) in [6, 6.07) is 4.54. The molecule has 1 unspecified atom stereocenters. The molecule has 0 fully saturated rings. The van der Waals surface area contributed by atoms with Gasteiger partial charge in [-0.1, -0.05) is 12.1 Å². The van der Waals surface area contributed by atoms with Gasteiger partial charge in [-0.05, 0) is 17.7 Å². The Morgan fingerprint density at radius 2 is 2.00 bits per heavy atom. The number of rotatable bonds is 2. The summed E-state index contributed by atoms with van der Waals surface area (Å²) < 4.78 is 36.8. The van der Waals surface area contributed by atoms with E-state index in [9.17, 15) is 13.2 Å². The molecule has 1 aromatic carbocycles. The Bertz CT molecular complexity index is 311. The zero-order chi connectivity index (χ0) is 10.8. The van der Waals surface area contributed by atoms with Gasteiger partial charge in [0, 0.05) is 11.8 Å². The Kier molecular flexibility index (Phi) is 3.44. The van der Waals surface area contributed by atoms with Crippen molar-refractivity contribution in [2.45, 2.75) is 12.2 Å².